The maximum atomic E-state index is 15.1. The molecule has 2 aromatic heterocycles. The van der Waals surface area contributed by atoms with Crippen LogP contribution >= 0.6 is 0 Å². The van der Waals surface area contributed by atoms with Gasteiger partial charge in [0.25, 0.3) is 0 Å². The topological polar surface area (TPSA) is 117 Å². The van der Waals surface area contributed by atoms with E-state index < -0.39 is 38.7 Å². The number of halogens is 2. The van der Waals surface area contributed by atoms with Crippen LogP contribution in [0.5, 0.6) is 0 Å². The van der Waals surface area contributed by atoms with Crippen LogP contribution in [-0.4, -0.2) is 42.9 Å². The van der Waals surface area contributed by atoms with Gasteiger partial charge in [0, 0.05) is 36.3 Å². The number of sulfonamides is 1. The number of hydrogen-bond donors (Lipinski definition) is 2. The van der Waals surface area contributed by atoms with E-state index in [0.29, 0.717) is 23.0 Å². The molecule has 0 radical (unpaired) electrons. The molecule has 2 heterocycles. The van der Waals surface area contributed by atoms with E-state index in [-0.39, 0.29) is 11.3 Å². The predicted molar refractivity (Wildman–Crippen MR) is 125 cm³/mol. The van der Waals surface area contributed by atoms with E-state index in [9.17, 15) is 17.6 Å². The number of benzene rings is 1. The van der Waals surface area contributed by atoms with E-state index in [4.69, 9.17) is 0 Å². The maximum Gasteiger partial charge on any atom is 0.232 e. The Morgan fingerprint density at radius 3 is 2.79 bits per heavy atom. The Morgan fingerprint density at radius 1 is 1.33 bits per heavy atom. The summed E-state index contributed by atoms with van der Waals surface area (Å²) < 4.78 is 55.7. The quantitative estimate of drug-likeness (QED) is 0.274. The van der Waals surface area contributed by atoms with Crippen LogP contribution in [0.4, 0.5) is 14.5 Å². The number of nitrogens with zero attached hydrogens (tertiary/aromatic N) is 3. The summed E-state index contributed by atoms with van der Waals surface area (Å²) >= 11 is 0. The highest BCUT2D eigenvalue weighted by atomic mass is 32.2. The summed E-state index contributed by atoms with van der Waals surface area (Å²) in [6.45, 7) is 6.68. The van der Waals surface area contributed by atoms with E-state index in [0.717, 1.165) is 17.7 Å². The van der Waals surface area contributed by atoms with E-state index >= 15 is 4.39 Å². The minimum atomic E-state index is -3.84. The van der Waals surface area contributed by atoms with Gasteiger partial charge in [-0.2, -0.15) is 10.2 Å². The molecule has 0 spiro atoms. The fourth-order valence-electron chi connectivity index (χ4n) is 3.16. The Kier molecular flexibility index (Phi) is 7.12. The number of rotatable bonds is 9. The molecule has 0 unspecified atom stereocenters. The van der Waals surface area contributed by atoms with Gasteiger partial charge in [-0.3, -0.25) is 9.52 Å². The molecule has 2 N–H and O–H groups in total. The first-order valence-corrected chi connectivity index (χ1v) is 11.5. The Balaban J connectivity index is 2.07. The van der Waals surface area contributed by atoms with Crippen molar-refractivity contribution in [2.24, 2.45) is 10.2 Å². The van der Waals surface area contributed by atoms with Crippen molar-refractivity contribution in [3.8, 4) is 0 Å². The largest absolute Gasteiger partial charge is 0.345 e. The molecular weight excluding hydrogens is 452 g/mol. The van der Waals surface area contributed by atoms with Gasteiger partial charge in [0.15, 0.2) is 5.82 Å². The number of carbonyl (C=O) groups excluding carboxylic acids is 1. The molecule has 0 atom stereocenters. The van der Waals surface area contributed by atoms with Crippen molar-refractivity contribution in [2.45, 2.75) is 20.3 Å². The normalized spacial score (nSPS) is 12.4. The minimum absolute atomic E-state index is 0.0139. The lowest BCUT2D eigenvalue weighted by Gasteiger charge is -2.11. The van der Waals surface area contributed by atoms with Gasteiger partial charge >= 0.3 is 0 Å². The molecular formula is C22H21F2N5O3S. The third-order valence-corrected chi connectivity index (χ3v) is 6.24. The zero-order valence-corrected chi connectivity index (χ0v) is 18.7. The number of hydrogen-bond acceptors (Lipinski definition) is 6. The van der Waals surface area contributed by atoms with Gasteiger partial charge in [-0.1, -0.05) is 6.92 Å². The number of nitrogens with one attached hydrogen (secondary N) is 2. The Morgan fingerprint density at radius 2 is 2.09 bits per heavy atom. The van der Waals surface area contributed by atoms with Gasteiger partial charge in [0.05, 0.1) is 17.0 Å². The smallest absolute Gasteiger partial charge is 0.232 e. The van der Waals surface area contributed by atoms with Gasteiger partial charge in [-0.15, -0.1) is 0 Å². The molecule has 33 heavy (non-hydrogen) atoms. The fourth-order valence-corrected chi connectivity index (χ4v) is 4.29. The van der Waals surface area contributed by atoms with E-state index in [1.165, 1.54) is 12.4 Å². The molecule has 0 aliphatic heterocycles. The zero-order chi connectivity index (χ0) is 24.2. The molecule has 1 aromatic carbocycles. The molecule has 3 rings (SSSR count). The van der Waals surface area contributed by atoms with Crippen molar-refractivity contribution in [3.05, 3.63) is 65.0 Å². The van der Waals surface area contributed by atoms with Crippen molar-refractivity contribution >= 4 is 51.0 Å². The van der Waals surface area contributed by atoms with Gasteiger partial charge in [0.1, 0.15) is 11.5 Å². The molecule has 0 amide bonds. The van der Waals surface area contributed by atoms with Crippen LogP contribution in [0, 0.1) is 11.6 Å². The monoisotopic (exact) mass is 473 g/mol. The second-order valence-electron chi connectivity index (χ2n) is 7.11. The van der Waals surface area contributed by atoms with E-state index in [2.05, 4.69) is 31.6 Å². The van der Waals surface area contributed by atoms with Crippen LogP contribution in [0.3, 0.4) is 0 Å². The number of H-pyrrole nitrogens is 1. The predicted octanol–water partition coefficient (Wildman–Crippen LogP) is 4.31. The highest BCUT2D eigenvalue weighted by Gasteiger charge is 2.26. The highest BCUT2D eigenvalue weighted by Crippen LogP contribution is 2.28. The molecule has 0 fully saturated rings. The summed E-state index contributed by atoms with van der Waals surface area (Å²) in [4.78, 5) is 20.2. The molecule has 0 aliphatic rings. The number of anilines is 1. The number of aromatic nitrogens is 2. The third kappa shape index (κ3) is 5.20. The molecule has 172 valence electrons. The second kappa shape index (κ2) is 9.82. The molecule has 0 bridgehead atoms. The van der Waals surface area contributed by atoms with Gasteiger partial charge in [-0.25, -0.2) is 22.2 Å². The summed E-state index contributed by atoms with van der Waals surface area (Å²) in [5, 5.41) is 7.35. The van der Waals surface area contributed by atoms with Gasteiger partial charge < -0.3 is 4.98 Å². The molecule has 3 aromatic rings. The summed E-state index contributed by atoms with van der Waals surface area (Å²) in [7, 11) is -3.84. The van der Waals surface area contributed by atoms with Crippen LogP contribution in [0.2, 0.25) is 0 Å². The zero-order valence-electron chi connectivity index (χ0n) is 17.9. The average molecular weight is 474 g/mol. The minimum Gasteiger partial charge on any atom is -0.345 e. The Hall–Kier alpha value is -3.73. The number of carbonyl (C=O) groups is 1. The van der Waals surface area contributed by atoms with Crippen LogP contribution in [0.15, 0.2) is 46.9 Å². The Labute approximate surface area is 189 Å². The summed E-state index contributed by atoms with van der Waals surface area (Å²) in [5.74, 6) is -3.60. The standard InChI is InChI=1S/C22H21F2N5O3S/c1-4-9-33(31,32)29-18-6-5-17(23)19(20(18)24)21(30)16-12-27-22-15(16)10-14(11-26-22)13(2)7-8-28-25-3/h5-8,10-12,29H,3-4,9H2,1-2H3,(H,26,27)/b13-7+,28-8-. The van der Waals surface area contributed by atoms with Gasteiger partial charge in [-0.05, 0) is 48.8 Å². The molecule has 0 saturated heterocycles. The molecule has 0 saturated carbocycles. The van der Waals surface area contributed by atoms with Gasteiger partial charge in [0.2, 0.25) is 15.8 Å². The number of fused-ring (bicyclic) bond motifs is 1. The molecule has 0 aliphatic carbocycles. The number of aromatic amines is 1. The maximum absolute atomic E-state index is 15.1. The first-order valence-electron chi connectivity index (χ1n) is 9.85. The van der Waals surface area contributed by atoms with Crippen LogP contribution in [0.1, 0.15) is 41.8 Å². The first kappa shape index (κ1) is 23.9. The van der Waals surface area contributed by atoms with E-state index in [1.807, 2.05) is 0 Å². The van der Waals surface area contributed by atoms with Crippen molar-refractivity contribution in [1.82, 2.24) is 9.97 Å². The van der Waals surface area contributed by atoms with Crippen LogP contribution in [-0.2, 0) is 10.0 Å². The molecule has 11 heteroatoms. The average Bonchev–Trinajstić information content (AvgIpc) is 3.19. The highest BCUT2D eigenvalue weighted by molar-refractivity contribution is 7.92. The number of ketones is 1. The van der Waals surface area contributed by atoms with Crippen molar-refractivity contribution in [2.75, 3.05) is 10.5 Å². The second-order valence-corrected chi connectivity index (χ2v) is 8.95. The molecule has 8 nitrogen and oxygen atoms in total. The lowest BCUT2D eigenvalue weighted by atomic mass is 10.00. The first-order chi connectivity index (χ1) is 15.7. The number of pyridine rings is 1. The van der Waals surface area contributed by atoms with Crippen molar-refractivity contribution in [1.29, 1.82) is 0 Å². The Bertz CT molecular complexity index is 1390. The fraction of sp³-hybridized carbons (Fsp3) is 0.182. The summed E-state index contributed by atoms with van der Waals surface area (Å²) in [5.41, 5.74) is 0.363. The lowest BCUT2D eigenvalue weighted by molar-refractivity contribution is 0.103. The summed E-state index contributed by atoms with van der Waals surface area (Å²) in [6.07, 6.45) is 6.28. The van der Waals surface area contributed by atoms with Crippen molar-refractivity contribution in [3.63, 3.8) is 0 Å². The summed E-state index contributed by atoms with van der Waals surface area (Å²) in [6, 6.07) is 3.44. The van der Waals surface area contributed by atoms with Crippen LogP contribution in [0.25, 0.3) is 16.6 Å². The van der Waals surface area contributed by atoms with E-state index in [1.54, 1.807) is 32.2 Å². The third-order valence-electron chi connectivity index (χ3n) is 4.76. The van der Waals surface area contributed by atoms with Crippen molar-refractivity contribution < 1.29 is 22.0 Å². The lowest BCUT2D eigenvalue weighted by Crippen LogP contribution is -2.18. The number of allylic oxidation sites excluding steroid dienone is 2. The SMILES string of the molecule is C=N/N=C\C=C(/C)c1cnc2[nH]cc(C(=O)c3c(F)ccc(NS(=O)(=O)CCC)c3F)c2c1. The van der Waals surface area contributed by atoms with Crippen LogP contribution < -0.4 is 4.72 Å².